The van der Waals surface area contributed by atoms with Crippen LogP contribution in [0.4, 0.5) is 23.7 Å². The largest absolute Gasteiger partial charge is 0.471 e. The zero-order valence-electron chi connectivity index (χ0n) is 15.2. The van der Waals surface area contributed by atoms with E-state index in [0.717, 1.165) is 0 Å². The first-order valence-electron chi connectivity index (χ1n) is 8.07. The smallest absolute Gasteiger partial charge is 0.444 e. The molecule has 0 aromatic heterocycles. The molecule has 3 amide bonds. The Kier molecular flexibility index (Phi) is 7.62. The van der Waals surface area contributed by atoms with E-state index in [-0.39, 0.29) is 31.1 Å². The van der Waals surface area contributed by atoms with Gasteiger partial charge in [0.1, 0.15) is 5.60 Å². The second-order valence-corrected chi connectivity index (χ2v) is 6.60. The SMILES string of the molecule is CC(C)(C)OC(=O)NCCC(=O)NCc1ccc(NC(=O)C(F)(F)F)cc1. The van der Waals surface area contributed by atoms with E-state index in [9.17, 15) is 27.6 Å². The highest BCUT2D eigenvalue weighted by Gasteiger charge is 2.38. The molecule has 0 saturated heterocycles. The summed E-state index contributed by atoms with van der Waals surface area (Å²) in [6.45, 7) is 5.42. The van der Waals surface area contributed by atoms with E-state index in [1.807, 2.05) is 0 Å². The predicted octanol–water partition coefficient (Wildman–Crippen LogP) is 2.72. The number of alkyl carbamates (subject to hydrolysis) is 1. The second kappa shape index (κ2) is 9.24. The molecule has 1 rings (SSSR count). The number of halogens is 3. The van der Waals surface area contributed by atoms with Crippen LogP contribution >= 0.6 is 0 Å². The van der Waals surface area contributed by atoms with Crippen LogP contribution in [0.15, 0.2) is 24.3 Å². The third kappa shape index (κ3) is 9.47. The molecule has 0 radical (unpaired) electrons. The van der Waals surface area contributed by atoms with Crippen LogP contribution in [0.3, 0.4) is 0 Å². The van der Waals surface area contributed by atoms with Crippen molar-refractivity contribution in [2.24, 2.45) is 0 Å². The van der Waals surface area contributed by atoms with Gasteiger partial charge in [-0.05, 0) is 38.5 Å². The summed E-state index contributed by atoms with van der Waals surface area (Å²) in [6.07, 6.45) is -5.54. The van der Waals surface area contributed by atoms with Crippen molar-refractivity contribution in [1.82, 2.24) is 10.6 Å². The normalized spacial score (nSPS) is 11.5. The van der Waals surface area contributed by atoms with Gasteiger partial charge in [-0.2, -0.15) is 13.2 Å². The molecule has 0 aliphatic carbocycles. The van der Waals surface area contributed by atoms with Gasteiger partial charge in [-0.1, -0.05) is 12.1 Å². The predicted molar refractivity (Wildman–Crippen MR) is 91.8 cm³/mol. The van der Waals surface area contributed by atoms with Gasteiger partial charge in [0, 0.05) is 25.2 Å². The van der Waals surface area contributed by atoms with Gasteiger partial charge in [-0.15, -0.1) is 0 Å². The Morgan fingerprint density at radius 1 is 1.00 bits per heavy atom. The summed E-state index contributed by atoms with van der Waals surface area (Å²) in [6, 6.07) is 5.56. The first kappa shape index (κ1) is 22.3. The van der Waals surface area contributed by atoms with E-state index in [4.69, 9.17) is 4.74 Å². The van der Waals surface area contributed by atoms with Crippen LogP contribution in [0.5, 0.6) is 0 Å². The summed E-state index contributed by atoms with van der Waals surface area (Å²) in [5.74, 6) is -2.37. The number of benzene rings is 1. The lowest BCUT2D eigenvalue weighted by Gasteiger charge is -2.19. The van der Waals surface area contributed by atoms with Gasteiger partial charge >= 0.3 is 18.2 Å². The minimum absolute atomic E-state index is 0.00559. The summed E-state index contributed by atoms with van der Waals surface area (Å²) in [4.78, 5) is 34.0. The van der Waals surface area contributed by atoms with Crippen LogP contribution in [-0.2, 0) is 20.9 Å². The van der Waals surface area contributed by atoms with Gasteiger partial charge in [0.2, 0.25) is 5.91 Å². The third-order valence-corrected chi connectivity index (χ3v) is 2.98. The van der Waals surface area contributed by atoms with Crippen molar-refractivity contribution in [2.45, 2.75) is 45.5 Å². The molecule has 1 aromatic carbocycles. The number of alkyl halides is 3. The van der Waals surface area contributed by atoms with Crippen molar-refractivity contribution in [1.29, 1.82) is 0 Å². The van der Waals surface area contributed by atoms with Crippen LogP contribution in [0.1, 0.15) is 32.8 Å². The van der Waals surface area contributed by atoms with Gasteiger partial charge in [0.05, 0.1) is 0 Å². The summed E-state index contributed by atoms with van der Waals surface area (Å²) in [5, 5.41) is 6.78. The highest BCUT2D eigenvalue weighted by molar-refractivity contribution is 5.94. The van der Waals surface area contributed by atoms with Crippen molar-refractivity contribution >= 4 is 23.6 Å². The number of amides is 3. The molecule has 0 atom stereocenters. The summed E-state index contributed by atoms with van der Waals surface area (Å²) >= 11 is 0. The maximum atomic E-state index is 12.2. The lowest BCUT2D eigenvalue weighted by atomic mass is 10.2. The highest BCUT2D eigenvalue weighted by atomic mass is 19.4. The minimum Gasteiger partial charge on any atom is -0.444 e. The molecule has 0 aliphatic heterocycles. The molecule has 10 heteroatoms. The van der Waals surface area contributed by atoms with E-state index in [1.165, 1.54) is 24.3 Å². The average molecular weight is 389 g/mol. The van der Waals surface area contributed by atoms with E-state index < -0.39 is 23.8 Å². The average Bonchev–Trinajstić information content (AvgIpc) is 2.51. The maximum Gasteiger partial charge on any atom is 0.471 e. The number of carbonyl (C=O) groups excluding carboxylic acids is 3. The first-order valence-corrected chi connectivity index (χ1v) is 8.07. The van der Waals surface area contributed by atoms with Crippen molar-refractivity contribution in [2.75, 3.05) is 11.9 Å². The molecule has 0 bridgehead atoms. The number of nitrogens with one attached hydrogen (secondary N) is 3. The standard InChI is InChI=1S/C17H22F3N3O4/c1-16(2,3)27-15(26)21-9-8-13(24)22-10-11-4-6-12(7-5-11)23-14(25)17(18,19)20/h4-7H,8-10H2,1-3H3,(H,21,26)(H,22,24)(H,23,25). The molecule has 3 N–H and O–H groups in total. The molecule has 7 nitrogen and oxygen atoms in total. The summed E-state index contributed by atoms with van der Waals surface area (Å²) in [7, 11) is 0. The molecule has 0 heterocycles. The molecule has 150 valence electrons. The van der Waals surface area contributed by atoms with Crippen LogP contribution in [0, 0.1) is 0 Å². The Morgan fingerprint density at radius 3 is 2.11 bits per heavy atom. The van der Waals surface area contributed by atoms with Gasteiger partial charge in [-0.3, -0.25) is 9.59 Å². The zero-order chi connectivity index (χ0) is 20.7. The Morgan fingerprint density at radius 2 is 1.59 bits per heavy atom. The van der Waals surface area contributed by atoms with Gasteiger partial charge < -0.3 is 20.7 Å². The van der Waals surface area contributed by atoms with E-state index >= 15 is 0 Å². The first-order chi connectivity index (χ1) is 12.4. The summed E-state index contributed by atoms with van der Waals surface area (Å²) in [5.41, 5.74) is 0.000331. The van der Waals surface area contributed by atoms with Crippen molar-refractivity contribution in [3.8, 4) is 0 Å². The number of anilines is 1. The molecular formula is C17H22F3N3O4. The molecule has 0 aliphatic rings. The number of hydrogen-bond acceptors (Lipinski definition) is 4. The fraction of sp³-hybridized carbons (Fsp3) is 0.471. The maximum absolute atomic E-state index is 12.2. The van der Waals surface area contributed by atoms with E-state index in [1.54, 1.807) is 26.1 Å². The molecular weight excluding hydrogens is 367 g/mol. The van der Waals surface area contributed by atoms with Crippen molar-refractivity contribution in [3.63, 3.8) is 0 Å². The number of ether oxygens (including phenoxy) is 1. The highest BCUT2D eigenvalue weighted by Crippen LogP contribution is 2.18. The molecule has 0 saturated carbocycles. The van der Waals surface area contributed by atoms with Crippen LogP contribution < -0.4 is 16.0 Å². The van der Waals surface area contributed by atoms with E-state index in [2.05, 4.69) is 10.6 Å². The Labute approximate surface area is 154 Å². The topological polar surface area (TPSA) is 96.5 Å². The van der Waals surface area contributed by atoms with E-state index in [0.29, 0.717) is 5.56 Å². The quantitative estimate of drug-likeness (QED) is 0.697. The molecule has 0 fully saturated rings. The zero-order valence-corrected chi connectivity index (χ0v) is 15.2. The molecule has 27 heavy (non-hydrogen) atoms. The van der Waals surface area contributed by atoms with Crippen LogP contribution in [0.2, 0.25) is 0 Å². The van der Waals surface area contributed by atoms with Gasteiger partial charge in [-0.25, -0.2) is 4.79 Å². The van der Waals surface area contributed by atoms with Crippen molar-refractivity contribution in [3.05, 3.63) is 29.8 Å². The molecule has 0 unspecified atom stereocenters. The van der Waals surface area contributed by atoms with Crippen molar-refractivity contribution < 1.29 is 32.3 Å². The fourth-order valence-electron chi connectivity index (χ4n) is 1.79. The van der Waals surface area contributed by atoms with Gasteiger partial charge in [0.15, 0.2) is 0 Å². The Bertz CT molecular complexity index is 667. The number of hydrogen-bond donors (Lipinski definition) is 3. The van der Waals surface area contributed by atoms with Gasteiger partial charge in [0.25, 0.3) is 0 Å². The minimum atomic E-state index is -4.96. The monoisotopic (exact) mass is 389 g/mol. The Hall–Kier alpha value is -2.78. The lowest BCUT2D eigenvalue weighted by molar-refractivity contribution is -0.167. The number of rotatable bonds is 6. The third-order valence-electron chi connectivity index (χ3n) is 2.98. The molecule has 0 spiro atoms. The Balaban J connectivity index is 2.34. The van der Waals surface area contributed by atoms with Crippen LogP contribution in [0.25, 0.3) is 0 Å². The molecule has 1 aromatic rings. The number of carbonyl (C=O) groups is 3. The second-order valence-electron chi connectivity index (χ2n) is 6.60. The van der Waals surface area contributed by atoms with Crippen LogP contribution in [-0.4, -0.2) is 36.2 Å². The summed E-state index contributed by atoms with van der Waals surface area (Å²) < 4.78 is 41.5. The lowest BCUT2D eigenvalue weighted by Crippen LogP contribution is -2.35. The fourth-order valence-corrected chi connectivity index (χ4v) is 1.79.